The first-order chi connectivity index (χ1) is 11.2. The summed E-state index contributed by atoms with van der Waals surface area (Å²) in [7, 11) is 3.71. The molecule has 1 aromatic rings. The van der Waals surface area contributed by atoms with Crippen LogP contribution < -0.4 is 10.6 Å². The molecule has 1 aliphatic carbocycles. The van der Waals surface area contributed by atoms with Gasteiger partial charge in [0.25, 0.3) is 0 Å². The molecule has 1 aliphatic rings. The lowest BCUT2D eigenvalue weighted by Gasteiger charge is -2.30. The topological polar surface area (TPSA) is 76.4 Å². The highest BCUT2D eigenvalue weighted by atomic mass is 16.5. The molecule has 1 heterocycles. The Labute approximate surface area is 138 Å². The molecule has 23 heavy (non-hydrogen) atoms. The predicted molar refractivity (Wildman–Crippen MR) is 91.2 cm³/mol. The van der Waals surface area contributed by atoms with Crippen LogP contribution in [0.15, 0.2) is 11.3 Å². The molecule has 0 bridgehead atoms. The fraction of sp³-hybridized carbons (Fsp3) is 0.812. The summed E-state index contributed by atoms with van der Waals surface area (Å²) in [4.78, 5) is 4.63. The van der Waals surface area contributed by atoms with Crippen LogP contribution in [0.5, 0.6) is 0 Å². The third kappa shape index (κ3) is 5.20. The molecule has 0 saturated heterocycles. The molecule has 7 heteroatoms. The van der Waals surface area contributed by atoms with E-state index in [4.69, 9.17) is 4.74 Å². The van der Waals surface area contributed by atoms with E-state index in [0.717, 1.165) is 37.9 Å². The Morgan fingerprint density at radius 1 is 1.39 bits per heavy atom. The van der Waals surface area contributed by atoms with Gasteiger partial charge in [-0.25, -0.2) is 4.99 Å². The average molecular weight is 322 g/mol. The number of aromatic nitrogens is 3. The van der Waals surface area contributed by atoms with Gasteiger partial charge in [0.15, 0.2) is 11.8 Å². The first-order valence-electron chi connectivity index (χ1n) is 8.53. The molecule has 0 unspecified atom stereocenters. The van der Waals surface area contributed by atoms with Gasteiger partial charge in [0, 0.05) is 33.9 Å². The van der Waals surface area contributed by atoms with Gasteiger partial charge < -0.3 is 19.9 Å². The van der Waals surface area contributed by atoms with Gasteiger partial charge in [-0.2, -0.15) is 0 Å². The van der Waals surface area contributed by atoms with Crippen LogP contribution in [0.25, 0.3) is 0 Å². The Kier molecular flexibility index (Phi) is 6.83. The maximum Gasteiger partial charge on any atom is 0.191 e. The molecular formula is C16H30N6O. The molecule has 1 saturated carbocycles. The van der Waals surface area contributed by atoms with E-state index in [1.807, 2.05) is 11.6 Å². The van der Waals surface area contributed by atoms with Crippen molar-refractivity contribution < 1.29 is 4.74 Å². The highest BCUT2D eigenvalue weighted by molar-refractivity contribution is 5.79. The number of nitrogens with zero attached hydrogens (tertiary/aromatic N) is 4. The van der Waals surface area contributed by atoms with Crippen LogP contribution in [0.4, 0.5) is 0 Å². The first kappa shape index (κ1) is 17.7. The summed E-state index contributed by atoms with van der Waals surface area (Å²) in [6, 6.07) is 0. The van der Waals surface area contributed by atoms with Gasteiger partial charge in [-0.05, 0) is 31.6 Å². The molecule has 2 N–H and O–H groups in total. The molecule has 0 spiro atoms. The number of hydrogen-bond acceptors (Lipinski definition) is 4. The molecule has 0 aliphatic heterocycles. The third-order valence-electron chi connectivity index (χ3n) is 4.66. The van der Waals surface area contributed by atoms with E-state index >= 15 is 0 Å². The van der Waals surface area contributed by atoms with Gasteiger partial charge in [0.05, 0.1) is 0 Å². The molecule has 0 amide bonds. The second-order valence-electron chi connectivity index (χ2n) is 6.36. The Morgan fingerprint density at radius 2 is 2.17 bits per heavy atom. The quantitative estimate of drug-likeness (QED) is 0.560. The average Bonchev–Trinajstić information content (AvgIpc) is 3.18. The van der Waals surface area contributed by atoms with Crippen molar-refractivity contribution in [1.29, 1.82) is 0 Å². The fourth-order valence-corrected chi connectivity index (χ4v) is 3.17. The van der Waals surface area contributed by atoms with E-state index in [2.05, 4.69) is 32.7 Å². The lowest BCUT2D eigenvalue weighted by Crippen LogP contribution is -2.43. The van der Waals surface area contributed by atoms with Crippen LogP contribution in [-0.4, -0.2) is 47.5 Å². The summed E-state index contributed by atoms with van der Waals surface area (Å²) < 4.78 is 7.19. The smallest absolute Gasteiger partial charge is 0.191 e. The summed E-state index contributed by atoms with van der Waals surface area (Å²) in [5, 5.41) is 14.8. The monoisotopic (exact) mass is 322 g/mol. The van der Waals surface area contributed by atoms with Gasteiger partial charge in [-0.3, -0.25) is 0 Å². The Hall–Kier alpha value is -1.63. The van der Waals surface area contributed by atoms with Crippen LogP contribution in [-0.2, 0) is 18.3 Å². The highest BCUT2D eigenvalue weighted by Gasteiger charge is 2.33. The molecular weight excluding hydrogens is 292 g/mol. The molecule has 7 nitrogen and oxygen atoms in total. The van der Waals surface area contributed by atoms with E-state index in [-0.39, 0.29) is 0 Å². The summed E-state index contributed by atoms with van der Waals surface area (Å²) in [5.74, 6) is 1.70. The number of methoxy groups -OCH3 is 1. The minimum atomic E-state index is 0.344. The Bertz CT molecular complexity index is 493. The first-order valence-corrected chi connectivity index (χ1v) is 8.53. The predicted octanol–water partition coefficient (Wildman–Crippen LogP) is 1.47. The summed E-state index contributed by atoms with van der Waals surface area (Å²) in [6.45, 7) is 5.22. The zero-order valence-electron chi connectivity index (χ0n) is 14.6. The van der Waals surface area contributed by atoms with Crippen LogP contribution in [0, 0.1) is 5.41 Å². The SMILES string of the molecule is CCNC(=NCc1nncn1C)NCC1(CCOC)CCCC1. The Balaban J connectivity index is 1.93. The van der Waals surface area contributed by atoms with Crippen molar-refractivity contribution in [1.82, 2.24) is 25.4 Å². The van der Waals surface area contributed by atoms with Crippen molar-refractivity contribution in [3.8, 4) is 0 Å². The number of aliphatic imine (C=N–C) groups is 1. The van der Waals surface area contributed by atoms with Gasteiger partial charge in [0.1, 0.15) is 12.9 Å². The maximum atomic E-state index is 5.30. The maximum absolute atomic E-state index is 5.30. The number of nitrogens with one attached hydrogen (secondary N) is 2. The van der Waals surface area contributed by atoms with Crippen LogP contribution in [0.1, 0.15) is 44.9 Å². The fourth-order valence-electron chi connectivity index (χ4n) is 3.17. The lowest BCUT2D eigenvalue weighted by atomic mass is 9.83. The number of rotatable bonds is 8. The number of hydrogen-bond donors (Lipinski definition) is 2. The summed E-state index contributed by atoms with van der Waals surface area (Å²) in [6.07, 6.45) is 7.98. The standard InChI is InChI=1S/C16H30N6O/c1-4-17-15(18-11-14-21-20-13-22(14)2)19-12-16(9-10-23-3)7-5-6-8-16/h13H,4-12H2,1-3H3,(H2,17,18,19). The van der Waals surface area contributed by atoms with Crippen molar-refractivity contribution in [3.63, 3.8) is 0 Å². The van der Waals surface area contributed by atoms with Gasteiger partial charge in [-0.15, -0.1) is 10.2 Å². The largest absolute Gasteiger partial charge is 0.385 e. The van der Waals surface area contributed by atoms with Crippen molar-refractivity contribution >= 4 is 5.96 Å². The van der Waals surface area contributed by atoms with E-state index in [1.54, 1.807) is 13.4 Å². The molecule has 2 rings (SSSR count). The van der Waals surface area contributed by atoms with Gasteiger partial charge in [0.2, 0.25) is 0 Å². The number of aryl methyl sites for hydroxylation is 1. The van der Waals surface area contributed by atoms with Crippen LogP contribution in [0.3, 0.4) is 0 Å². The van der Waals surface area contributed by atoms with Crippen LogP contribution >= 0.6 is 0 Å². The molecule has 0 atom stereocenters. The van der Waals surface area contributed by atoms with Crippen molar-refractivity contribution in [3.05, 3.63) is 12.2 Å². The lowest BCUT2D eigenvalue weighted by molar-refractivity contribution is 0.138. The zero-order valence-corrected chi connectivity index (χ0v) is 14.6. The van der Waals surface area contributed by atoms with Crippen molar-refractivity contribution in [2.45, 2.75) is 45.6 Å². The number of guanidine groups is 1. The second kappa shape index (κ2) is 8.86. The molecule has 130 valence electrons. The molecule has 0 aromatic carbocycles. The van der Waals surface area contributed by atoms with E-state index in [1.165, 1.54) is 25.7 Å². The third-order valence-corrected chi connectivity index (χ3v) is 4.66. The molecule has 0 radical (unpaired) electrons. The summed E-state index contributed by atoms with van der Waals surface area (Å²) in [5.41, 5.74) is 0.344. The second-order valence-corrected chi connectivity index (χ2v) is 6.36. The van der Waals surface area contributed by atoms with Crippen molar-refractivity contribution in [2.24, 2.45) is 17.5 Å². The van der Waals surface area contributed by atoms with Gasteiger partial charge in [-0.1, -0.05) is 12.8 Å². The molecule has 1 fully saturated rings. The Morgan fingerprint density at radius 3 is 2.78 bits per heavy atom. The normalized spacial score (nSPS) is 17.4. The van der Waals surface area contributed by atoms with Crippen molar-refractivity contribution in [2.75, 3.05) is 26.8 Å². The highest BCUT2D eigenvalue weighted by Crippen LogP contribution is 2.40. The van der Waals surface area contributed by atoms with Gasteiger partial charge >= 0.3 is 0 Å². The van der Waals surface area contributed by atoms with E-state index < -0.39 is 0 Å². The van der Waals surface area contributed by atoms with Crippen LogP contribution in [0.2, 0.25) is 0 Å². The van der Waals surface area contributed by atoms with E-state index in [9.17, 15) is 0 Å². The minimum Gasteiger partial charge on any atom is -0.385 e. The zero-order chi connectivity index (χ0) is 16.5. The minimum absolute atomic E-state index is 0.344. The number of ether oxygens (including phenoxy) is 1. The molecule has 1 aromatic heterocycles. The van der Waals surface area contributed by atoms with E-state index in [0.29, 0.717) is 12.0 Å². The summed E-state index contributed by atoms with van der Waals surface area (Å²) >= 11 is 0.